The molecule has 1 fully saturated rings. The molecule has 3 nitrogen and oxygen atoms in total. The Hall–Kier alpha value is -0.900. The van der Waals surface area contributed by atoms with Gasteiger partial charge in [-0.15, -0.1) is 0 Å². The van der Waals surface area contributed by atoms with E-state index >= 15 is 0 Å². The highest BCUT2D eigenvalue weighted by Gasteiger charge is 2.39. The molecule has 0 spiro atoms. The van der Waals surface area contributed by atoms with Crippen LogP contribution in [0, 0.1) is 0 Å². The van der Waals surface area contributed by atoms with Crippen molar-refractivity contribution in [1.29, 1.82) is 0 Å². The fourth-order valence-corrected chi connectivity index (χ4v) is 1.81. The van der Waals surface area contributed by atoms with Gasteiger partial charge in [-0.05, 0) is 19.4 Å². The third-order valence-corrected chi connectivity index (χ3v) is 2.44. The highest BCUT2D eigenvalue weighted by molar-refractivity contribution is 5.15. The van der Waals surface area contributed by atoms with Crippen LogP contribution in [0.15, 0.2) is 30.3 Å². The minimum Gasteiger partial charge on any atom is -0.366 e. The van der Waals surface area contributed by atoms with Crippen LogP contribution in [0.5, 0.6) is 0 Å². The van der Waals surface area contributed by atoms with Gasteiger partial charge in [-0.3, -0.25) is 0 Å². The summed E-state index contributed by atoms with van der Waals surface area (Å²) < 4.78 is 10.9. The van der Waals surface area contributed by atoms with Crippen LogP contribution in [0.4, 0.5) is 0 Å². The predicted octanol–water partition coefficient (Wildman–Crippen LogP) is 1.70. The van der Waals surface area contributed by atoms with E-state index in [1.54, 1.807) is 13.8 Å². The smallest absolute Gasteiger partial charge is 0.184 e. The molecule has 1 aromatic carbocycles. The fraction of sp³-hybridized carbons (Fsp3) is 0.500. The first-order valence-corrected chi connectivity index (χ1v) is 5.14. The Morgan fingerprint density at radius 2 is 1.87 bits per heavy atom. The highest BCUT2D eigenvalue weighted by atomic mass is 16.8. The van der Waals surface area contributed by atoms with E-state index in [1.165, 1.54) is 0 Å². The molecule has 0 saturated carbocycles. The minimum atomic E-state index is -0.833. The molecule has 15 heavy (non-hydrogen) atoms. The average molecular weight is 208 g/mol. The maximum Gasteiger partial charge on any atom is 0.184 e. The quantitative estimate of drug-likeness (QED) is 0.804. The Kier molecular flexibility index (Phi) is 2.78. The molecule has 2 atom stereocenters. The first-order valence-electron chi connectivity index (χ1n) is 5.14. The number of hydrogen-bond donors (Lipinski definition) is 1. The topological polar surface area (TPSA) is 38.7 Å². The SMILES string of the molecule is CC1(C)O[C@@H](O)[C@H](Cc2ccccc2)O1. The van der Waals surface area contributed by atoms with Gasteiger partial charge in [0.25, 0.3) is 0 Å². The zero-order chi connectivity index (χ0) is 10.9. The molecule has 0 bridgehead atoms. The maximum absolute atomic E-state index is 9.64. The van der Waals surface area contributed by atoms with Crippen LogP contribution in [0.3, 0.4) is 0 Å². The molecule has 2 rings (SSSR count). The molecule has 1 aliphatic rings. The molecule has 82 valence electrons. The molecule has 0 radical (unpaired) electrons. The number of hydrogen-bond acceptors (Lipinski definition) is 3. The van der Waals surface area contributed by atoms with Crippen molar-refractivity contribution in [3.63, 3.8) is 0 Å². The van der Waals surface area contributed by atoms with Crippen LogP contribution in [-0.4, -0.2) is 23.3 Å². The molecule has 0 amide bonds. The van der Waals surface area contributed by atoms with Gasteiger partial charge in [0, 0.05) is 6.42 Å². The number of ether oxygens (including phenoxy) is 2. The molecule has 3 heteroatoms. The van der Waals surface area contributed by atoms with Crippen LogP contribution in [0.2, 0.25) is 0 Å². The first kappa shape index (κ1) is 10.6. The molecule has 1 aromatic rings. The lowest BCUT2D eigenvalue weighted by molar-refractivity contribution is -0.174. The molecule has 1 saturated heterocycles. The Bertz CT molecular complexity index is 321. The van der Waals surface area contributed by atoms with Crippen molar-refractivity contribution in [2.45, 2.75) is 38.4 Å². The number of aliphatic hydroxyl groups is 1. The molecule has 0 aromatic heterocycles. The van der Waals surface area contributed by atoms with E-state index in [1.807, 2.05) is 30.3 Å². The lowest BCUT2D eigenvalue weighted by atomic mass is 10.1. The van der Waals surface area contributed by atoms with Crippen LogP contribution in [0.25, 0.3) is 0 Å². The number of rotatable bonds is 2. The summed E-state index contributed by atoms with van der Waals surface area (Å²) in [6, 6.07) is 9.95. The summed E-state index contributed by atoms with van der Waals surface area (Å²) in [5.41, 5.74) is 1.14. The Morgan fingerprint density at radius 3 is 2.40 bits per heavy atom. The zero-order valence-corrected chi connectivity index (χ0v) is 9.01. The summed E-state index contributed by atoms with van der Waals surface area (Å²) in [6.07, 6.45) is -0.437. The van der Waals surface area contributed by atoms with E-state index in [2.05, 4.69) is 0 Å². The van der Waals surface area contributed by atoms with Gasteiger partial charge in [0.05, 0.1) is 0 Å². The summed E-state index contributed by atoms with van der Waals surface area (Å²) in [4.78, 5) is 0. The monoisotopic (exact) mass is 208 g/mol. The largest absolute Gasteiger partial charge is 0.366 e. The lowest BCUT2D eigenvalue weighted by Crippen LogP contribution is -2.24. The van der Waals surface area contributed by atoms with Crippen molar-refractivity contribution in [1.82, 2.24) is 0 Å². The number of benzene rings is 1. The fourth-order valence-electron chi connectivity index (χ4n) is 1.81. The standard InChI is InChI=1S/C12H16O3/c1-12(2)14-10(11(13)15-12)8-9-6-4-3-5-7-9/h3-7,10-11,13H,8H2,1-2H3/t10-,11+/m0/s1. The van der Waals surface area contributed by atoms with Gasteiger partial charge in [0.1, 0.15) is 6.10 Å². The summed E-state index contributed by atoms with van der Waals surface area (Å²) in [5, 5.41) is 9.64. The van der Waals surface area contributed by atoms with E-state index in [0.717, 1.165) is 5.56 Å². The van der Waals surface area contributed by atoms with Crippen molar-refractivity contribution in [3.05, 3.63) is 35.9 Å². The summed E-state index contributed by atoms with van der Waals surface area (Å²) in [7, 11) is 0. The van der Waals surface area contributed by atoms with Gasteiger partial charge in [-0.2, -0.15) is 0 Å². The minimum absolute atomic E-state index is 0.276. The van der Waals surface area contributed by atoms with Gasteiger partial charge >= 0.3 is 0 Å². The third-order valence-electron chi connectivity index (χ3n) is 2.44. The highest BCUT2D eigenvalue weighted by Crippen LogP contribution is 2.28. The van der Waals surface area contributed by atoms with Crippen molar-refractivity contribution >= 4 is 0 Å². The summed E-state index contributed by atoms with van der Waals surface area (Å²) >= 11 is 0. The number of aliphatic hydroxyl groups excluding tert-OH is 1. The predicted molar refractivity (Wildman–Crippen MR) is 56.2 cm³/mol. The lowest BCUT2D eigenvalue weighted by Gasteiger charge is -2.16. The van der Waals surface area contributed by atoms with Crippen molar-refractivity contribution in [3.8, 4) is 0 Å². The van der Waals surface area contributed by atoms with E-state index in [4.69, 9.17) is 9.47 Å². The molecule has 0 unspecified atom stereocenters. The van der Waals surface area contributed by atoms with Crippen LogP contribution >= 0.6 is 0 Å². The Morgan fingerprint density at radius 1 is 1.20 bits per heavy atom. The van der Waals surface area contributed by atoms with Crippen LogP contribution in [-0.2, 0) is 15.9 Å². The molecule has 1 heterocycles. The van der Waals surface area contributed by atoms with E-state index in [9.17, 15) is 5.11 Å². The van der Waals surface area contributed by atoms with Gasteiger partial charge in [-0.25, -0.2) is 0 Å². The molecular weight excluding hydrogens is 192 g/mol. The second-order valence-electron chi connectivity index (χ2n) is 4.25. The molecule has 1 aliphatic heterocycles. The van der Waals surface area contributed by atoms with Crippen LogP contribution in [0.1, 0.15) is 19.4 Å². The van der Waals surface area contributed by atoms with Crippen molar-refractivity contribution in [2.75, 3.05) is 0 Å². The van der Waals surface area contributed by atoms with E-state index < -0.39 is 12.1 Å². The van der Waals surface area contributed by atoms with Gasteiger partial charge in [0.15, 0.2) is 12.1 Å². The van der Waals surface area contributed by atoms with Crippen molar-refractivity contribution in [2.24, 2.45) is 0 Å². The average Bonchev–Trinajstić information content (AvgIpc) is 2.41. The van der Waals surface area contributed by atoms with Crippen LogP contribution < -0.4 is 0 Å². The Balaban J connectivity index is 2.02. The van der Waals surface area contributed by atoms with Gasteiger partial charge in [0.2, 0.25) is 0 Å². The summed E-state index contributed by atoms with van der Waals surface area (Å²) in [6.45, 7) is 3.61. The first-order chi connectivity index (χ1) is 7.07. The normalized spacial score (nSPS) is 29.3. The molecule has 1 N–H and O–H groups in total. The summed E-state index contributed by atoms with van der Waals surface area (Å²) in [5.74, 6) is -0.682. The van der Waals surface area contributed by atoms with E-state index in [-0.39, 0.29) is 6.10 Å². The Labute approximate surface area is 89.6 Å². The van der Waals surface area contributed by atoms with Gasteiger partial charge in [-0.1, -0.05) is 30.3 Å². The zero-order valence-electron chi connectivity index (χ0n) is 9.01. The van der Waals surface area contributed by atoms with E-state index in [0.29, 0.717) is 6.42 Å². The molecular formula is C12H16O3. The van der Waals surface area contributed by atoms with Gasteiger partial charge < -0.3 is 14.6 Å². The second-order valence-corrected chi connectivity index (χ2v) is 4.25. The molecule has 0 aliphatic carbocycles. The second kappa shape index (κ2) is 3.93. The van der Waals surface area contributed by atoms with Crippen molar-refractivity contribution < 1.29 is 14.6 Å². The third kappa shape index (κ3) is 2.56. The maximum atomic E-state index is 9.64.